The van der Waals surface area contributed by atoms with Crippen LogP contribution in [0.15, 0.2) is 69.3 Å². The van der Waals surface area contributed by atoms with Gasteiger partial charge in [0.05, 0.1) is 16.1 Å². The zero-order chi connectivity index (χ0) is 26.6. The molecule has 0 bridgehead atoms. The van der Waals surface area contributed by atoms with Crippen LogP contribution in [0.5, 0.6) is 0 Å². The molecule has 0 fully saturated rings. The number of anilines is 1. The number of fused-ring (bicyclic) bond motifs is 1. The lowest BCUT2D eigenvalue weighted by atomic mass is 10.2. The topological polar surface area (TPSA) is 144 Å². The lowest BCUT2D eigenvalue weighted by Gasteiger charge is -2.25. The normalized spacial score (nSPS) is 12.3. The molecule has 0 saturated carbocycles. The zero-order valence-electron chi connectivity index (χ0n) is 18.7. The van der Waals surface area contributed by atoms with Gasteiger partial charge >= 0.3 is 13.3 Å². The predicted molar refractivity (Wildman–Crippen MR) is 137 cm³/mol. The van der Waals surface area contributed by atoms with Crippen molar-refractivity contribution in [2.24, 2.45) is 14.1 Å². The third kappa shape index (κ3) is 4.88. The van der Waals surface area contributed by atoms with E-state index in [1.54, 1.807) is 12.3 Å². The van der Waals surface area contributed by atoms with E-state index in [0.29, 0.717) is 15.2 Å². The van der Waals surface area contributed by atoms with Gasteiger partial charge in [-0.2, -0.15) is 0 Å². The van der Waals surface area contributed by atoms with E-state index < -0.39 is 35.2 Å². The summed E-state index contributed by atoms with van der Waals surface area (Å²) in [5.74, 6) is 0. The van der Waals surface area contributed by atoms with Crippen molar-refractivity contribution in [3.8, 4) is 5.69 Å². The van der Waals surface area contributed by atoms with Gasteiger partial charge in [-0.25, -0.2) is 13.2 Å². The molecule has 0 amide bonds. The minimum absolute atomic E-state index is 0.0311. The first-order chi connectivity index (χ1) is 16.7. The second-order valence-electron chi connectivity index (χ2n) is 7.97. The molecule has 2 N–H and O–H groups in total. The molecule has 0 atom stereocenters. The van der Waals surface area contributed by atoms with Gasteiger partial charge in [0.1, 0.15) is 12.0 Å². The molecule has 4 rings (SSSR count). The van der Waals surface area contributed by atoms with Gasteiger partial charge in [-0.05, 0) is 42.5 Å². The molecule has 2 aromatic carbocycles. The van der Waals surface area contributed by atoms with E-state index in [2.05, 4.69) is 0 Å². The largest absolute Gasteiger partial charge is 0.345 e. The van der Waals surface area contributed by atoms with Crippen molar-refractivity contribution in [3.63, 3.8) is 0 Å². The standard InChI is InChI=1S/C21H19Cl2N4O7PS/c1-24-11-19(20(28)25(2)21(24)29)26-6-5-13-7-16(3-4-18(13)26)27(12-35(30,31)32)36(33,34)17-9-14(22)8-15(23)10-17/h3-11H,12H2,1-2H3,(H2,30,31,32). The molecule has 11 nitrogen and oxygen atoms in total. The summed E-state index contributed by atoms with van der Waals surface area (Å²) in [7, 11) is -6.50. The van der Waals surface area contributed by atoms with Crippen LogP contribution in [0.1, 0.15) is 0 Å². The van der Waals surface area contributed by atoms with E-state index in [0.717, 1.165) is 16.7 Å². The number of aryl methyl sites for hydroxylation is 1. The molecule has 0 saturated heterocycles. The number of hydrogen-bond donors (Lipinski definition) is 2. The summed E-state index contributed by atoms with van der Waals surface area (Å²) in [4.78, 5) is 43.6. The Morgan fingerprint density at radius 3 is 2.25 bits per heavy atom. The van der Waals surface area contributed by atoms with Crippen LogP contribution >= 0.6 is 30.8 Å². The maximum atomic E-state index is 13.4. The highest BCUT2D eigenvalue weighted by atomic mass is 35.5. The van der Waals surface area contributed by atoms with Gasteiger partial charge in [0.15, 0.2) is 0 Å². The van der Waals surface area contributed by atoms with Crippen LogP contribution in [-0.4, -0.2) is 38.2 Å². The monoisotopic (exact) mass is 572 g/mol. The second-order valence-corrected chi connectivity index (χ2v) is 12.3. The van der Waals surface area contributed by atoms with E-state index in [4.69, 9.17) is 23.2 Å². The van der Waals surface area contributed by atoms with Crippen molar-refractivity contribution in [3.05, 3.63) is 85.7 Å². The molecule has 2 aromatic heterocycles. The molecule has 0 unspecified atom stereocenters. The van der Waals surface area contributed by atoms with Crippen molar-refractivity contribution < 1.29 is 22.8 Å². The summed E-state index contributed by atoms with van der Waals surface area (Å²) < 4.78 is 43.0. The Labute approximate surface area is 214 Å². The summed E-state index contributed by atoms with van der Waals surface area (Å²) in [6, 6.07) is 9.44. The summed E-state index contributed by atoms with van der Waals surface area (Å²) in [6.45, 7) is 0. The summed E-state index contributed by atoms with van der Waals surface area (Å²) in [5, 5.41) is 0.533. The maximum absolute atomic E-state index is 13.4. The minimum atomic E-state index is -4.85. The van der Waals surface area contributed by atoms with Crippen molar-refractivity contribution in [2.75, 3.05) is 10.6 Å². The van der Waals surface area contributed by atoms with Crippen molar-refractivity contribution in [1.82, 2.24) is 13.7 Å². The van der Waals surface area contributed by atoms with Crippen LogP contribution in [0.2, 0.25) is 10.0 Å². The molecule has 2 heterocycles. The average Bonchev–Trinajstić information content (AvgIpc) is 3.20. The van der Waals surface area contributed by atoms with E-state index in [1.807, 2.05) is 0 Å². The lowest BCUT2D eigenvalue weighted by Crippen LogP contribution is -2.38. The molecule has 0 aliphatic heterocycles. The molecule has 0 aliphatic rings. The Bertz CT molecular complexity index is 1770. The fraction of sp³-hybridized carbons (Fsp3) is 0.143. The number of aromatic nitrogens is 3. The van der Waals surface area contributed by atoms with Crippen LogP contribution in [0.4, 0.5) is 5.69 Å². The highest BCUT2D eigenvalue weighted by Crippen LogP contribution is 2.40. The maximum Gasteiger partial charge on any atom is 0.345 e. The van der Waals surface area contributed by atoms with Crippen LogP contribution in [0.3, 0.4) is 0 Å². The summed E-state index contributed by atoms with van der Waals surface area (Å²) in [6.07, 6.45) is 1.81. The van der Waals surface area contributed by atoms with Crippen LogP contribution in [0.25, 0.3) is 16.6 Å². The van der Waals surface area contributed by atoms with Gasteiger partial charge in [-0.3, -0.25) is 18.2 Å². The van der Waals surface area contributed by atoms with Gasteiger partial charge < -0.3 is 18.9 Å². The first-order valence-corrected chi connectivity index (χ1v) is 14.1. The first kappa shape index (κ1) is 26.2. The second kappa shape index (κ2) is 9.22. The third-order valence-electron chi connectivity index (χ3n) is 5.39. The fourth-order valence-corrected chi connectivity index (χ4v) is 7.13. The van der Waals surface area contributed by atoms with Gasteiger partial charge in [-0.15, -0.1) is 0 Å². The van der Waals surface area contributed by atoms with Crippen molar-refractivity contribution >= 4 is 57.4 Å². The van der Waals surface area contributed by atoms with Crippen LogP contribution < -0.4 is 15.6 Å². The molecule has 0 aliphatic carbocycles. The van der Waals surface area contributed by atoms with Crippen LogP contribution in [-0.2, 0) is 28.7 Å². The number of hydrogen-bond acceptors (Lipinski definition) is 5. The Kier molecular flexibility index (Phi) is 6.71. The van der Waals surface area contributed by atoms with Gasteiger partial charge in [-0.1, -0.05) is 23.2 Å². The third-order valence-corrected chi connectivity index (χ3v) is 8.42. The summed E-state index contributed by atoms with van der Waals surface area (Å²) in [5.41, 5.74) is -0.400. The zero-order valence-corrected chi connectivity index (χ0v) is 22.0. The lowest BCUT2D eigenvalue weighted by molar-refractivity contribution is 0.373. The predicted octanol–water partition coefficient (Wildman–Crippen LogP) is 2.67. The van der Waals surface area contributed by atoms with Crippen molar-refractivity contribution in [1.29, 1.82) is 0 Å². The van der Waals surface area contributed by atoms with Crippen molar-refractivity contribution in [2.45, 2.75) is 4.90 Å². The molecule has 0 spiro atoms. The number of sulfonamides is 1. The molecule has 190 valence electrons. The van der Waals surface area contributed by atoms with Crippen LogP contribution in [0, 0.1) is 0 Å². The summed E-state index contributed by atoms with van der Waals surface area (Å²) >= 11 is 11.9. The first-order valence-electron chi connectivity index (χ1n) is 10.1. The van der Waals surface area contributed by atoms with E-state index in [1.165, 1.54) is 53.7 Å². The highest BCUT2D eigenvalue weighted by Gasteiger charge is 2.32. The van der Waals surface area contributed by atoms with E-state index >= 15 is 0 Å². The Hall–Kier alpha value is -2.86. The smallest absolute Gasteiger partial charge is 0.323 e. The Morgan fingerprint density at radius 1 is 1.00 bits per heavy atom. The number of rotatable bonds is 6. The fourth-order valence-electron chi connectivity index (χ4n) is 3.72. The number of benzene rings is 2. The number of halogens is 2. The molecular weight excluding hydrogens is 554 g/mol. The number of nitrogens with zero attached hydrogens (tertiary/aromatic N) is 4. The van der Waals surface area contributed by atoms with Gasteiger partial charge in [0.2, 0.25) is 0 Å². The molecule has 15 heteroatoms. The molecule has 0 radical (unpaired) electrons. The van der Waals surface area contributed by atoms with Gasteiger partial charge in [0, 0.05) is 41.9 Å². The van der Waals surface area contributed by atoms with Gasteiger partial charge in [0.25, 0.3) is 15.6 Å². The highest BCUT2D eigenvalue weighted by molar-refractivity contribution is 7.93. The molecule has 4 aromatic rings. The average molecular weight is 573 g/mol. The van der Waals surface area contributed by atoms with E-state index in [-0.39, 0.29) is 26.3 Å². The Morgan fingerprint density at radius 2 is 1.64 bits per heavy atom. The molecule has 36 heavy (non-hydrogen) atoms. The Balaban J connectivity index is 1.88. The SMILES string of the molecule is Cn1cc(-n2ccc3cc(N(CP(=O)(O)O)S(=O)(=O)c4cc(Cl)cc(Cl)c4)ccc32)c(=O)n(C)c1=O. The molecular formula is C21H19Cl2N4O7PS. The minimum Gasteiger partial charge on any atom is -0.323 e. The van der Waals surface area contributed by atoms with E-state index in [9.17, 15) is 32.4 Å². The quantitative estimate of drug-likeness (QED) is 0.338.